The molecule has 7 nitrogen and oxygen atoms in total. The molecule has 0 amide bonds. The maximum atomic E-state index is 12.6. The summed E-state index contributed by atoms with van der Waals surface area (Å²) in [6.07, 6.45) is 0. The fourth-order valence-electron chi connectivity index (χ4n) is 2.89. The smallest absolute Gasteiger partial charge is 0.344 e. The van der Waals surface area contributed by atoms with E-state index in [1.165, 1.54) is 14.2 Å². The molecule has 0 radical (unpaired) electrons. The Morgan fingerprint density at radius 2 is 1.69 bits per heavy atom. The number of anilines is 1. The minimum Gasteiger partial charge on any atom is -0.465 e. The van der Waals surface area contributed by atoms with E-state index in [1.807, 2.05) is 45.0 Å². The van der Waals surface area contributed by atoms with Crippen LogP contribution in [-0.2, 0) is 9.47 Å². The molecule has 1 aromatic carbocycles. The highest BCUT2D eigenvalue weighted by Gasteiger charge is 2.34. The third-order valence-electron chi connectivity index (χ3n) is 4.10. The topological polar surface area (TPSA) is 90.7 Å². The van der Waals surface area contributed by atoms with Gasteiger partial charge in [-0.15, -0.1) is 0 Å². The first-order valence-electron chi connectivity index (χ1n) is 8.83. The second kappa shape index (κ2) is 7.75. The molecule has 152 valence electrons. The quantitative estimate of drug-likeness (QED) is 0.476. The monoisotopic (exact) mass is 416 g/mol. The van der Waals surface area contributed by atoms with Gasteiger partial charge in [0.15, 0.2) is 5.76 Å². The number of rotatable bonds is 4. The van der Waals surface area contributed by atoms with Gasteiger partial charge in [-0.1, -0.05) is 29.8 Å². The number of ether oxygens (including phenoxy) is 2. The van der Waals surface area contributed by atoms with Crippen LogP contribution in [-0.4, -0.2) is 36.7 Å². The number of aromatic nitrogens is 1. The fraction of sp³-hybridized carbons (Fsp3) is 0.286. The number of nitrogens with one attached hydrogen (secondary N) is 1. The molecule has 1 N–H and O–H groups in total. The highest BCUT2D eigenvalue weighted by Crippen LogP contribution is 2.40. The van der Waals surface area contributed by atoms with E-state index in [0.717, 1.165) is 5.39 Å². The van der Waals surface area contributed by atoms with Crippen LogP contribution in [0.25, 0.3) is 22.2 Å². The molecule has 0 atom stereocenters. The van der Waals surface area contributed by atoms with Crippen molar-refractivity contribution in [2.75, 3.05) is 19.5 Å². The zero-order valence-electron chi connectivity index (χ0n) is 16.8. The van der Waals surface area contributed by atoms with Gasteiger partial charge in [0, 0.05) is 10.9 Å². The van der Waals surface area contributed by atoms with Crippen molar-refractivity contribution in [3.8, 4) is 11.3 Å². The number of pyridine rings is 1. The highest BCUT2D eigenvalue weighted by atomic mass is 35.5. The van der Waals surface area contributed by atoms with Crippen LogP contribution in [0.3, 0.4) is 0 Å². The van der Waals surface area contributed by atoms with E-state index in [0.29, 0.717) is 11.1 Å². The van der Waals surface area contributed by atoms with E-state index < -0.39 is 17.5 Å². The molecule has 8 heteroatoms. The molecule has 0 aliphatic rings. The number of methoxy groups -OCH3 is 2. The molecule has 0 fully saturated rings. The number of para-hydroxylation sites is 1. The minimum absolute atomic E-state index is 0.0616. The van der Waals surface area contributed by atoms with Gasteiger partial charge in [0.25, 0.3) is 0 Å². The SMILES string of the molecule is COC(=O)c1c(NC(C)(C)C)oc(-c2cc3ccccc3nc2Cl)c1C(=O)OC. The Bertz CT molecular complexity index is 1100. The second-order valence-corrected chi connectivity index (χ2v) is 7.75. The molecule has 0 unspecified atom stereocenters. The summed E-state index contributed by atoms with van der Waals surface area (Å²) in [7, 11) is 2.44. The standard InChI is InChI=1S/C21H21ClN2O5/c1-21(2,3)24-18-15(20(26)28-5)14(19(25)27-4)16(29-18)12-10-11-8-6-7-9-13(11)23-17(12)22/h6-10,24H,1-5H3. The lowest BCUT2D eigenvalue weighted by molar-refractivity contribution is 0.0558. The molecule has 0 saturated carbocycles. The molecule has 0 aliphatic heterocycles. The Balaban J connectivity index is 2.35. The lowest BCUT2D eigenvalue weighted by Crippen LogP contribution is -2.27. The average molecular weight is 417 g/mol. The summed E-state index contributed by atoms with van der Waals surface area (Å²) in [5.41, 5.74) is 0.446. The summed E-state index contributed by atoms with van der Waals surface area (Å²) in [4.78, 5) is 29.5. The van der Waals surface area contributed by atoms with Gasteiger partial charge in [-0.2, -0.15) is 0 Å². The van der Waals surface area contributed by atoms with Crippen molar-refractivity contribution in [2.24, 2.45) is 0 Å². The number of esters is 2. The van der Waals surface area contributed by atoms with Gasteiger partial charge in [-0.25, -0.2) is 14.6 Å². The Morgan fingerprint density at radius 1 is 1.07 bits per heavy atom. The van der Waals surface area contributed by atoms with E-state index in [-0.39, 0.29) is 27.9 Å². The Morgan fingerprint density at radius 3 is 2.31 bits per heavy atom. The molecule has 0 bridgehead atoms. The second-order valence-electron chi connectivity index (χ2n) is 7.39. The predicted molar refractivity (Wildman–Crippen MR) is 111 cm³/mol. The molecule has 3 rings (SSSR count). The summed E-state index contributed by atoms with van der Waals surface area (Å²) in [5.74, 6) is -1.33. The minimum atomic E-state index is -0.754. The van der Waals surface area contributed by atoms with Crippen LogP contribution < -0.4 is 5.32 Å². The van der Waals surface area contributed by atoms with Crippen LogP contribution >= 0.6 is 11.6 Å². The van der Waals surface area contributed by atoms with Crippen molar-refractivity contribution in [3.63, 3.8) is 0 Å². The molecule has 0 saturated heterocycles. The van der Waals surface area contributed by atoms with E-state index in [4.69, 9.17) is 25.5 Å². The number of carbonyl (C=O) groups is 2. The van der Waals surface area contributed by atoms with Gasteiger partial charge in [0.1, 0.15) is 16.3 Å². The maximum absolute atomic E-state index is 12.6. The lowest BCUT2D eigenvalue weighted by Gasteiger charge is -2.20. The van der Waals surface area contributed by atoms with Crippen molar-refractivity contribution < 1.29 is 23.5 Å². The van der Waals surface area contributed by atoms with Crippen molar-refractivity contribution in [3.05, 3.63) is 46.6 Å². The first-order chi connectivity index (χ1) is 13.7. The van der Waals surface area contributed by atoms with Crippen LogP contribution in [0, 0.1) is 0 Å². The van der Waals surface area contributed by atoms with Gasteiger partial charge in [0.05, 0.1) is 25.3 Å². The highest BCUT2D eigenvalue weighted by molar-refractivity contribution is 6.33. The molecule has 0 spiro atoms. The van der Waals surface area contributed by atoms with Crippen LogP contribution in [0.2, 0.25) is 5.15 Å². The molecule has 0 aliphatic carbocycles. The van der Waals surface area contributed by atoms with Crippen LogP contribution in [0.4, 0.5) is 5.88 Å². The van der Waals surface area contributed by atoms with Crippen molar-refractivity contribution in [1.82, 2.24) is 4.98 Å². The van der Waals surface area contributed by atoms with E-state index in [9.17, 15) is 9.59 Å². The van der Waals surface area contributed by atoms with Crippen molar-refractivity contribution >= 4 is 40.3 Å². The Hall–Kier alpha value is -3.06. The number of hydrogen-bond acceptors (Lipinski definition) is 7. The van der Waals surface area contributed by atoms with E-state index >= 15 is 0 Å². The number of halogens is 1. The van der Waals surface area contributed by atoms with E-state index in [2.05, 4.69) is 10.3 Å². The first kappa shape index (κ1) is 20.7. The normalized spacial score (nSPS) is 11.4. The third kappa shape index (κ3) is 4.05. The van der Waals surface area contributed by atoms with Gasteiger partial charge in [-0.3, -0.25) is 0 Å². The van der Waals surface area contributed by atoms with Crippen molar-refractivity contribution in [2.45, 2.75) is 26.3 Å². The predicted octanol–water partition coefficient (Wildman–Crippen LogP) is 4.93. The van der Waals surface area contributed by atoms with Gasteiger partial charge in [-0.05, 0) is 32.9 Å². The Kier molecular flexibility index (Phi) is 5.53. The Labute approximate surface area is 173 Å². The van der Waals surface area contributed by atoms with Gasteiger partial charge in [0.2, 0.25) is 5.88 Å². The van der Waals surface area contributed by atoms with Gasteiger partial charge < -0.3 is 19.2 Å². The molecular weight excluding hydrogens is 396 g/mol. The first-order valence-corrected chi connectivity index (χ1v) is 9.21. The van der Waals surface area contributed by atoms with Crippen LogP contribution in [0.15, 0.2) is 34.7 Å². The number of furan rings is 1. The largest absolute Gasteiger partial charge is 0.465 e. The molecule has 2 aromatic heterocycles. The summed E-state index contributed by atoms with van der Waals surface area (Å²) < 4.78 is 15.7. The van der Waals surface area contributed by atoms with E-state index in [1.54, 1.807) is 6.07 Å². The zero-order chi connectivity index (χ0) is 21.3. The number of fused-ring (bicyclic) bond motifs is 1. The molecular formula is C21H21ClN2O5. The van der Waals surface area contributed by atoms with Crippen LogP contribution in [0.5, 0.6) is 0 Å². The summed E-state index contributed by atoms with van der Waals surface area (Å²) >= 11 is 6.41. The average Bonchev–Trinajstić information content (AvgIpc) is 3.03. The zero-order valence-corrected chi connectivity index (χ0v) is 17.5. The molecule has 2 heterocycles. The fourth-order valence-corrected chi connectivity index (χ4v) is 3.13. The third-order valence-corrected chi connectivity index (χ3v) is 4.39. The summed E-state index contributed by atoms with van der Waals surface area (Å²) in [6, 6.07) is 9.13. The number of carbonyl (C=O) groups excluding carboxylic acids is 2. The molecule has 29 heavy (non-hydrogen) atoms. The van der Waals surface area contributed by atoms with Gasteiger partial charge >= 0.3 is 11.9 Å². The lowest BCUT2D eigenvalue weighted by atomic mass is 10.0. The van der Waals surface area contributed by atoms with Crippen LogP contribution in [0.1, 0.15) is 41.5 Å². The number of hydrogen-bond donors (Lipinski definition) is 1. The number of benzene rings is 1. The maximum Gasteiger partial charge on any atom is 0.344 e. The number of nitrogens with zero attached hydrogens (tertiary/aromatic N) is 1. The van der Waals surface area contributed by atoms with Crippen molar-refractivity contribution in [1.29, 1.82) is 0 Å². The summed E-state index contributed by atoms with van der Waals surface area (Å²) in [5, 5.41) is 4.01. The summed E-state index contributed by atoms with van der Waals surface area (Å²) in [6.45, 7) is 5.66. The molecule has 3 aromatic rings.